The fourth-order valence-electron chi connectivity index (χ4n) is 2.14. The van der Waals surface area contributed by atoms with Crippen LogP contribution in [0.3, 0.4) is 0 Å². The van der Waals surface area contributed by atoms with Crippen molar-refractivity contribution in [2.75, 3.05) is 13.3 Å². The monoisotopic (exact) mass is 460 g/mol. The maximum Gasteiger partial charge on any atom is 0.251 e. The van der Waals surface area contributed by atoms with E-state index in [1.165, 1.54) is 19.2 Å². The van der Waals surface area contributed by atoms with Gasteiger partial charge in [-0.05, 0) is 51.8 Å². The Morgan fingerprint density at radius 2 is 1.77 bits per heavy atom. The lowest BCUT2D eigenvalue weighted by atomic mass is 10.1. The van der Waals surface area contributed by atoms with Crippen molar-refractivity contribution in [3.8, 4) is 0 Å². The molecule has 26 heavy (non-hydrogen) atoms. The molecule has 0 aromatic heterocycles. The van der Waals surface area contributed by atoms with Gasteiger partial charge in [0.05, 0.1) is 9.79 Å². The van der Waals surface area contributed by atoms with E-state index in [-0.39, 0.29) is 26.7 Å². The van der Waals surface area contributed by atoms with Crippen LogP contribution in [0, 0.1) is 0 Å². The van der Waals surface area contributed by atoms with Crippen LogP contribution in [0.15, 0.2) is 56.7 Å². The van der Waals surface area contributed by atoms with Crippen LogP contribution < -0.4 is 10.0 Å². The number of nitrogens with one attached hydrogen (secondary N) is 2. The predicted octanol–water partition coefficient (Wildman–Crippen LogP) is 1.69. The lowest BCUT2D eigenvalue weighted by molar-refractivity contribution is 0.0963. The molecular weight excluding hydrogens is 444 g/mol. The molecule has 0 unspecified atom stereocenters. The van der Waals surface area contributed by atoms with Crippen molar-refractivity contribution in [1.29, 1.82) is 0 Å². The molecule has 0 heterocycles. The number of carbonyl (C=O) groups is 1. The van der Waals surface area contributed by atoms with Gasteiger partial charge in [0, 0.05) is 29.9 Å². The number of hydrogen-bond donors (Lipinski definition) is 2. The van der Waals surface area contributed by atoms with Crippen LogP contribution in [-0.2, 0) is 26.4 Å². The second-order valence-electron chi connectivity index (χ2n) is 5.47. The Bertz CT molecular complexity index is 1050. The smallest absolute Gasteiger partial charge is 0.251 e. The minimum absolute atomic E-state index is 0.0529. The molecule has 0 bridgehead atoms. The number of rotatable bonds is 6. The van der Waals surface area contributed by atoms with Crippen LogP contribution in [0.2, 0.25) is 0 Å². The number of carbonyl (C=O) groups excluding carboxylic acids is 1. The molecule has 7 nitrogen and oxygen atoms in total. The Kier molecular flexibility index (Phi) is 6.22. The second-order valence-corrected chi connectivity index (χ2v) is 10.1. The van der Waals surface area contributed by atoms with Crippen LogP contribution in [0.5, 0.6) is 0 Å². The maximum absolute atomic E-state index is 12.6. The molecule has 0 aliphatic heterocycles. The molecule has 0 aliphatic carbocycles. The first kappa shape index (κ1) is 20.6. The highest BCUT2D eigenvalue weighted by Crippen LogP contribution is 2.25. The van der Waals surface area contributed by atoms with E-state index in [4.69, 9.17) is 0 Å². The van der Waals surface area contributed by atoms with Gasteiger partial charge in [0.1, 0.15) is 0 Å². The summed E-state index contributed by atoms with van der Waals surface area (Å²) in [7, 11) is -6.01. The first-order valence-corrected chi connectivity index (χ1v) is 11.5. The van der Waals surface area contributed by atoms with E-state index in [2.05, 4.69) is 26.0 Å². The lowest BCUT2D eigenvalue weighted by Gasteiger charge is -2.10. The number of halogens is 1. The van der Waals surface area contributed by atoms with Crippen LogP contribution >= 0.6 is 15.9 Å². The normalized spacial score (nSPS) is 12.0. The Labute approximate surface area is 160 Å². The molecule has 0 fully saturated rings. The van der Waals surface area contributed by atoms with Crippen molar-refractivity contribution in [2.45, 2.75) is 16.3 Å². The van der Waals surface area contributed by atoms with Gasteiger partial charge in [0.2, 0.25) is 10.0 Å². The number of sulfone groups is 1. The molecule has 2 aromatic rings. The van der Waals surface area contributed by atoms with Crippen LogP contribution in [0.1, 0.15) is 15.9 Å². The third-order valence-corrected chi connectivity index (χ3v) is 7.01. The topological polar surface area (TPSA) is 109 Å². The molecule has 2 rings (SSSR count). The van der Waals surface area contributed by atoms with Gasteiger partial charge in [0.25, 0.3) is 5.91 Å². The van der Waals surface area contributed by atoms with Crippen LogP contribution in [0.4, 0.5) is 0 Å². The molecule has 0 saturated carbocycles. The SMILES string of the molecule is CNC(=O)c1cccc(CNS(=O)(=O)c2cc(S(C)(=O)=O)ccc2Br)c1. The second kappa shape index (κ2) is 7.87. The molecule has 10 heteroatoms. The minimum Gasteiger partial charge on any atom is -0.355 e. The van der Waals surface area contributed by atoms with Crippen molar-refractivity contribution in [3.05, 3.63) is 58.1 Å². The van der Waals surface area contributed by atoms with E-state index in [9.17, 15) is 21.6 Å². The average molecular weight is 461 g/mol. The van der Waals surface area contributed by atoms with Crippen molar-refractivity contribution in [2.24, 2.45) is 0 Å². The van der Waals surface area contributed by atoms with Gasteiger partial charge >= 0.3 is 0 Å². The van der Waals surface area contributed by atoms with Crippen molar-refractivity contribution < 1.29 is 21.6 Å². The molecule has 0 aliphatic rings. The van der Waals surface area contributed by atoms with E-state index in [1.807, 2.05) is 0 Å². The van der Waals surface area contributed by atoms with E-state index in [0.29, 0.717) is 11.1 Å². The van der Waals surface area contributed by atoms with E-state index in [1.54, 1.807) is 24.3 Å². The Balaban J connectivity index is 2.29. The average Bonchev–Trinajstić information content (AvgIpc) is 2.59. The number of hydrogen-bond acceptors (Lipinski definition) is 5. The lowest BCUT2D eigenvalue weighted by Crippen LogP contribution is -2.24. The molecule has 1 amide bonds. The van der Waals surface area contributed by atoms with Crippen molar-refractivity contribution >= 4 is 41.7 Å². The van der Waals surface area contributed by atoms with Gasteiger partial charge in [-0.2, -0.15) is 0 Å². The highest BCUT2D eigenvalue weighted by atomic mass is 79.9. The Morgan fingerprint density at radius 3 is 2.38 bits per heavy atom. The van der Waals surface area contributed by atoms with Crippen LogP contribution in [0.25, 0.3) is 0 Å². The summed E-state index contributed by atoms with van der Waals surface area (Å²) in [6, 6.07) is 10.3. The summed E-state index contributed by atoms with van der Waals surface area (Å²) in [5.41, 5.74) is 0.995. The third-order valence-electron chi connectivity index (χ3n) is 3.50. The van der Waals surface area contributed by atoms with Crippen molar-refractivity contribution in [1.82, 2.24) is 10.0 Å². The van der Waals surface area contributed by atoms with Gasteiger partial charge < -0.3 is 5.32 Å². The molecule has 0 atom stereocenters. The molecule has 0 radical (unpaired) electrons. The van der Waals surface area contributed by atoms with Gasteiger partial charge in [-0.3, -0.25) is 4.79 Å². The summed E-state index contributed by atoms with van der Waals surface area (Å²) >= 11 is 3.13. The summed E-state index contributed by atoms with van der Waals surface area (Å²) in [5.74, 6) is -0.279. The van der Waals surface area contributed by atoms with Gasteiger partial charge in [-0.25, -0.2) is 21.6 Å². The zero-order valence-electron chi connectivity index (χ0n) is 14.0. The molecule has 2 aromatic carbocycles. The molecule has 140 valence electrons. The van der Waals surface area contributed by atoms with Gasteiger partial charge in [-0.1, -0.05) is 12.1 Å². The zero-order chi connectivity index (χ0) is 19.5. The highest BCUT2D eigenvalue weighted by molar-refractivity contribution is 9.10. The van der Waals surface area contributed by atoms with Gasteiger partial charge in [0.15, 0.2) is 9.84 Å². The van der Waals surface area contributed by atoms with Crippen molar-refractivity contribution in [3.63, 3.8) is 0 Å². The summed E-state index contributed by atoms with van der Waals surface area (Å²) in [4.78, 5) is 11.4. The summed E-state index contributed by atoms with van der Waals surface area (Å²) in [6.45, 7) is -0.0529. The summed E-state index contributed by atoms with van der Waals surface area (Å²) < 4.78 is 51.1. The fraction of sp³-hybridized carbons (Fsp3) is 0.188. The zero-order valence-corrected chi connectivity index (χ0v) is 17.2. The van der Waals surface area contributed by atoms with E-state index < -0.39 is 19.9 Å². The number of benzene rings is 2. The van der Waals surface area contributed by atoms with E-state index >= 15 is 0 Å². The molecule has 2 N–H and O–H groups in total. The molecular formula is C16H17BrN2O5S2. The maximum atomic E-state index is 12.6. The summed E-state index contributed by atoms with van der Waals surface area (Å²) in [5, 5.41) is 2.49. The first-order valence-electron chi connectivity index (χ1n) is 7.35. The predicted molar refractivity (Wildman–Crippen MR) is 101 cm³/mol. The quantitative estimate of drug-likeness (QED) is 0.681. The van der Waals surface area contributed by atoms with E-state index in [0.717, 1.165) is 12.3 Å². The number of sulfonamides is 1. The standard InChI is InChI=1S/C16H17BrN2O5S2/c1-18-16(20)12-5-3-4-11(8-12)10-19-26(23,24)15-9-13(25(2,21)22)6-7-14(15)17/h3-9,19H,10H2,1-2H3,(H,18,20). The highest BCUT2D eigenvalue weighted by Gasteiger charge is 2.20. The number of amides is 1. The molecule has 0 saturated heterocycles. The minimum atomic E-state index is -3.97. The molecule has 0 spiro atoms. The third kappa shape index (κ3) is 4.91. The first-order chi connectivity index (χ1) is 12.0. The Morgan fingerprint density at radius 1 is 1.08 bits per heavy atom. The fourth-order valence-corrected chi connectivity index (χ4v) is 4.87. The Hall–Kier alpha value is -1.75. The van der Waals surface area contributed by atoms with Crippen LogP contribution in [-0.4, -0.2) is 36.0 Å². The summed E-state index contributed by atoms with van der Waals surface area (Å²) in [6.07, 6.45) is 1.00. The largest absolute Gasteiger partial charge is 0.355 e. The van der Waals surface area contributed by atoms with Gasteiger partial charge in [-0.15, -0.1) is 0 Å².